The molecule has 1 N–H and O–H groups in total. The smallest absolute Gasteiger partial charge is 0.247 e. The summed E-state index contributed by atoms with van der Waals surface area (Å²) in [7, 11) is 0. The first-order valence-electron chi connectivity index (χ1n) is 6.89. The average Bonchev–Trinajstić information content (AvgIpc) is 3.03. The minimum Gasteiger partial charge on any atom is -0.423 e. The van der Waals surface area contributed by atoms with Gasteiger partial charge >= 0.3 is 0 Å². The molecular formula is C17H17N3O. The van der Waals surface area contributed by atoms with Gasteiger partial charge in [-0.2, -0.15) is 0 Å². The van der Waals surface area contributed by atoms with Crippen molar-refractivity contribution < 1.29 is 4.42 Å². The molecule has 4 heteroatoms. The molecule has 0 radical (unpaired) electrons. The van der Waals surface area contributed by atoms with Gasteiger partial charge in [0.1, 0.15) is 0 Å². The molecule has 0 saturated heterocycles. The highest BCUT2D eigenvalue weighted by molar-refractivity contribution is 5.61. The molecule has 2 aromatic carbocycles. The van der Waals surface area contributed by atoms with Crippen molar-refractivity contribution in [2.24, 2.45) is 0 Å². The maximum atomic E-state index is 5.22. The lowest BCUT2D eigenvalue weighted by Crippen LogP contribution is -2.01. The van der Waals surface area contributed by atoms with Gasteiger partial charge in [0.2, 0.25) is 12.3 Å². The van der Waals surface area contributed by atoms with Gasteiger partial charge in [-0.1, -0.05) is 29.8 Å². The van der Waals surface area contributed by atoms with E-state index in [1.807, 2.05) is 24.3 Å². The zero-order valence-electron chi connectivity index (χ0n) is 12.1. The third kappa shape index (κ3) is 3.11. The highest BCUT2D eigenvalue weighted by Crippen LogP contribution is 2.21. The molecule has 3 rings (SSSR count). The number of nitrogens with zero attached hydrogens (tertiary/aromatic N) is 2. The average molecular weight is 279 g/mol. The fourth-order valence-corrected chi connectivity index (χ4v) is 2.25. The van der Waals surface area contributed by atoms with Crippen LogP contribution in [0.5, 0.6) is 0 Å². The topological polar surface area (TPSA) is 51.0 Å². The lowest BCUT2D eigenvalue weighted by molar-refractivity contribution is 0.568. The molecule has 0 amide bonds. The van der Waals surface area contributed by atoms with Crippen molar-refractivity contribution in [1.29, 1.82) is 0 Å². The summed E-state index contributed by atoms with van der Waals surface area (Å²) in [6, 6.07) is 14.5. The number of anilines is 1. The summed E-state index contributed by atoms with van der Waals surface area (Å²) in [6.07, 6.45) is 1.34. The summed E-state index contributed by atoms with van der Waals surface area (Å²) in [5.74, 6) is 0.533. The molecule has 1 aromatic heterocycles. The summed E-state index contributed by atoms with van der Waals surface area (Å²) in [5, 5.41) is 11.1. The molecule has 0 atom stereocenters. The number of nitrogens with one attached hydrogen (secondary N) is 1. The molecule has 0 saturated carbocycles. The van der Waals surface area contributed by atoms with Gasteiger partial charge < -0.3 is 9.73 Å². The van der Waals surface area contributed by atoms with Crippen LogP contribution < -0.4 is 5.32 Å². The van der Waals surface area contributed by atoms with E-state index in [4.69, 9.17) is 4.42 Å². The van der Waals surface area contributed by atoms with Gasteiger partial charge in [-0.3, -0.25) is 0 Å². The van der Waals surface area contributed by atoms with Crippen molar-refractivity contribution in [3.05, 3.63) is 65.5 Å². The summed E-state index contributed by atoms with van der Waals surface area (Å²) in [5.41, 5.74) is 5.82. The Bertz CT molecular complexity index is 736. The second-order valence-electron chi connectivity index (χ2n) is 5.11. The third-order valence-corrected chi connectivity index (χ3v) is 3.46. The van der Waals surface area contributed by atoms with E-state index in [0.717, 1.165) is 17.8 Å². The van der Waals surface area contributed by atoms with Crippen LogP contribution in [0.2, 0.25) is 0 Å². The Balaban J connectivity index is 1.76. The van der Waals surface area contributed by atoms with Crippen LogP contribution in [0, 0.1) is 13.8 Å². The molecule has 1 heterocycles. The first-order chi connectivity index (χ1) is 10.2. The van der Waals surface area contributed by atoms with Crippen LogP contribution in [0.15, 0.2) is 53.3 Å². The van der Waals surface area contributed by atoms with E-state index in [1.54, 1.807) is 0 Å². The van der Waals surface area contributed by atoms with Crippen LogP contribution in [0.1, 0.15) is 16.7 Å². The van der Waals surface area contributed by atoms with Crippen molar-refractivity contribution in [1.82, 2.24) is 10.2 Å². The Hall–Kier alpha value is -2.62. The second kappa shape index (κ2) is 5.79. The van der Waals surface area contributed by atoms with E-state index in [2.05, 4.69) is 47.6 Å². The van der Waals surface area contributed by atoms with Gasteiger partial charge in [0.15, 0.2) is 0 Å². The molecule has 0 fully saturated rings. The first kappa shape index (κ1) is 13.4. The number of aryl methyl sites for hydroxylation is 2. The molecule has 3 aromatic rings. The van der Waals surface area contributed by atoms with Crippen LogP contribution in [-0.2, 0) is 6.54 Å². The Morgan fingerprint density at radius 3 is 2.81 bits per heavy atom. The number of benzene rings is 2. The second-order valence-corrected chi connectivity index (χ2v) is 5.11. The van der Waals surface area contributed by atoms with E-state index in [-0.39, 0.29) is 0 Å². The van der Waals surface area contributed by atoms with Crippen LogP contribution in [0.3, 0.4) is 0 Å². The summed E-state index contributed by atoms with van der Waals surface area (Å²) >= 11 is 0. The van der Waals surface area contributed by atoms with E-state index < -0.39 is 0 Å². The summed E-state index contributed by atoms with van der Waals surface area (Å²) in [4.78, 5) is 0. The molecule has 4 nitrogen and oxygen atoms in total. The zero-order chi connectivity index (χ0) is 14.7. The largest absolute Gasteiger partial charge is 0.423 e. The van der Waals surface area contributed by atoms with E-state index in [1.165, 1.54) is 23.1 Å². The Morgan fingerprint density at radius 2 is 2.00 bits per heavy atom. The predicted molar refractivity (Wildman–Crippen MR) is 83.0 cm³/mol. The molecule has 0 aliphatic heterocycles. The number of rotatable bonds is 4. The third-order valence-electron chi connectivity index (χ3n) is 3.46. The van der Waals surface area contributed by atoms with Crippen molar-refractivity contribution in [2.75, 3.05) is 5.32 Å². The Labute approximate surface area is 123 Å². The highest BCUT2D eigenvalue weighted by atomic mass is 16.4. The molecule has 21 heavy (non-hydrogen) atoms. The quantitative estimate of drug-likeness (QED) is 0.785. The lowest BCUT2D eigenvalue weighted by atomic mass is 10.1. The summed E-state index contributed by atoms with van der Waals surface area (Å²) < 4.78 is 5.22. The molecule has 106 valence electrons. The first-order valence-corrected chi connectivity index (χ1v) is 6.89. The van der Waals surface area contributed by atoms with E-state index in [9.17, 15) is 0 Å². The summed E-state index contributed by atoms with van der Waals surface area (Å²) in [6.45, 7) is 5.03. The number of aromatic nitrogens is 2. The van der Waals surface area contributed by atoms with Crippen molar-refractivity contribution in [3.8, 4) is 11.5 Å². The minimum atomic E-state index is 0.533. The lowest BCUT2D eigenvalue weighted by Gasteiger charge is -2.10. The maximum Gasteiger partial charge on any atom is 0.247 e. The molecule has 0 bridgehead atoms. The van der Waals surface area contributed by atoms with Gasteiger partial charge in [0, 0.05) is 17.8 Å². The molecule has 0 unspecified atom stereocenters. The number of hydrogen-bond donors (Lipinski definition) is 1. The van der Waals surface area contributed by atoms with Crippen LogP contribution >= 0.6 is 0 Å². The predicted octanol–water partition coefficient (Wildman–Crippen LogP) is 3.97. The van der Waals surface area contributed by atoms with Gasteiger partial charge in [-0.25, -0.2) is 0 Å². The van der Waals surface area contributed by atoms with Gasteiger partial charge in [-0.05, 0) is 43.2 Å². The SMILES string of the molecule is Cc1ccc(C)c(CNc2cccc(-c3nnco3)c2)c1. The minimum absolute atomic E-state index is 0.533. The normalized spacial score (nSPS) is 10.6. The Kier molecular flexibility index (Phi) is 3.69. The fraction of sp³-hybridized carbons (Fsp3) is 0.176. The zero-order valence-corrected chi connectivity index (χ0v) is 12.1. The van der Waals surface area contributed by atoms with E-state index >= 15 is 0 Å². The number of hydrogen-bond acceptors (Lipinski definition) is 4. The van der Waals surface area contributed by atoms with E-state index in [0.29, 0.717) is 5.89 Å². The van der Waals surface area contributed by atoms with Gasteiger partial charge in [-0.15, -0.1) is 10.2 Å². The highest BCUT2D eigenvalue weighted by Gasteiger charge is 2.04. The van der Waals surface area contributed by atoms with Gasteiger partial charge in [0.25, 0.3) is 0 Å². The standard InChI is InChI=1S/C17H17N3O/c1-12-6-7-13(2)15(8-12)10-18-16-5-3-4-14(9-16)17-20-19-11-21-17/h3-9,11,18H,10H2,1-2H3. The van der Waals surface area contributed by atoms with Crippen molar-refractivity contribution in [3.63, 3.8) is 0 Å². The van der Waals surface area contributed by atoms with Crippen LogP contribution in [0.25, 0.3) is 11.5 Å². The molecule has 0 aliphatic rings. The molecule has 0 spiro atoms. The molecular weight excluding hydrogens is 262 g/mol. The van der Waals surface area contributed by atoms with Gasteiger partial charge in [0.05, 0.1) is 0 Å². The Morgan fingerprint density at radius 1 is 1.10 bits per heavy atom. The molecule has 0 aliphatic carbocycles. The maximum absolute atomic E-state index is 5.22. The fourth-order valence-electron chi connectivity index (χ4n) is 2.25. The van der Waals surface area contributed by atoms with Crippen molar-refractivity contribution in [2.45, 2.75) is 20.4 Å². The van der Waals surface area contributed by atoms with Crippen LogP contribution in [0.4, 0.5) is 5.69 Å². The van der Waals surface area contributed by atoms with Crippen LogP contribution in [-0.4, -0.2) is 10.2 Å². The monoisotopic (exact) mass is 279 g/mol. The van der Waals surface area contributed by atoms with Crippen molar-refractivity contribution >= 4 is 5.69 Å².